The molecule has 3 nitrogen and oxygen atoms in total. The molecule has 7 heteroatoms. The van der Waals surface area contributed by atoms with Gasteiger partial charge < -0.3 is 4.42 Å². The van der Waals surface area contributed by atoms with Crippen molar-refractivity contribution in [2.45, 2.75) is 13.1 Å². The Morgan fingerprint density at radius 1 is 1.19 bits per heavy atom. The standard InChI is InChI=1S/C14H8F3NO2S/c1-7-9-11(18-13(14(15,16)17)20-12(9)19)21-10(7)8-5-3-2-4-6-8/h2-6H,1H3. The van der Waals surface area contributed by atoms with Gasteiger partial charge in [0, 0.05) is 4.88 Å². The largest absolute Gasteiger partial charge is 0.469 e. The highest BCUT2D eigenvalue weighted by Gasteiger charge is 2.37. The maximum absolute atomic E-state index is 12.6. The molecular weight excluding hydrogens is 303 g/mol. The first-order valence-electron chi connectivity index (χ1n) is 5.95. The van der Waals surface area contributed by atoms with Crippen LogP contribution in [0, 0.1) is 6.92 Å². The van der Waals surface area contributed by atoms with E-state index in [9.17, 15) is 18.0 Å². The fraction of sp³-hybridized carbons (Fsp3) is 0.143. The molecule has 0 spiro atoms. The molecule has 1 aromatic carbocycles. The van der Waals surface area contributed by atoms with Gasteiger partial charge in [0.15, 0.2) is 0 Å². The molecular formula is C14H8F3NO2S. The van der Waals surface area contributed by atoms with Gasteiger partial charge in [-0.3, -0.25) is 0 Å². The van der Waals surface area contributed by atoms with Gasteiger partial charge in [-0.2, -0.15) is 18.2 Å². The number of halogens is 3. The topological polar surface area (TPSA) is 43.1 Å². The number of fused-ring (bicyclic) bond motifs is 1. The van der Waals surface area contributed by atoms with Gasteiger partial charge in [-0.05, 0) is 18.1 Å². The lowest BCUT2D eigenvalue weighted by molar-refractivity contribution is -0.158. The third-order valence-electron chi connectivity index (χ3n) is 3.00. The SMILES string of the molecule is Cc1c(-c2ccccc2)sc2nc(C(F)(F)F)oc(=O)c12. The van der Waals surface area contributed by atoms with Gasteiger partial charge in [0.1, 0.15) is 10.2 Å². The van der Waals surface area contributed by atoms with E-state index in [0.717, 1.165) is 16.9 Å². The Labute approximate surface area is 120 Å². The summed E-state index contributed by atoms with van der Waals surface area (Å²) in [6.45, 7) is 1.67. The molecule has 0 aliphatic carbocycles. The number of hydrogen-bond acceptors (Lipinski definition) is 4. The zero-order valence-electron chi connectivity index (χ0n) is 10.7. The predicted molar refractivity (Wildman–Crippen MR) is 73.3 cm³/mol. The van der Waals surface area contributed by atoms with Crippen LogP contribution in [-0.2, 0) is 6.18 Å². The first kappa shape index (κ1) is 13.8. The number of alkyl halides is 3. The lowest BCUT2D eigenvalue weighted by Gasteiger charge is -2.02. The summed E-state index contributed by atoms with van der Waals surface area (Å²) in [5.74, 6) is -1.51. The summed E-state index contributed by atoms with van der Waals surface area (Å²) in [4.78, 5) is 16.0. The van der Waals surface area contributed by atoms with Crippen molar-refractivity contribution < 1.29 is 17.6 Å². The van der Waals surface area contributed by atoms with E-state index in [1.807, 2.05) is 30.3 Å². The number of hydrogen-bond donors (Lipinski definition) is 0. The molecule has 21 heavy (non-hydrogen) atoms. The molecule has 0 amide bonds. The van der Waals surface area contributed by atoms with Crippen LogP contribution in [0.3, 0.4) is 0 Å². The first-order chi connectivity index (χ1) is 9.88. The van der Waals surface area contributed by atoms with E-state index in [4.69, 9.17) is 0 Å². The Hall–Kier alpha value is -2.15. The first-order valence-corrected chi connectivity index (χ1v) is 6.76. The molecule has 2 heterocycles. The molecule has 0 fully saturated rings. The lowest BCUT2D eigenvalue weighted by atomic mass is 10.1. The van der Waals surface area contributed by atoms with Crippen LogP contribution in [0.15, 0.2) is 39.5 Å². The van der Waals surface area contributed by atoms with Crippen molar-refractivity contribution in [2.75, 3.05) is 0 Å². The Kier molecular flexibility index (Phi) is 3.09. The Morgan fingerprint density at radius 2 is 1.86 bits per heavy atom. The average Bonchev–Trinajstić information content (AvgIpc) is 2.76. The van der Waals surface area contributed by atoms with Crippen LogP contribution in [-0.4, -0.2) is 4.98 Å². The smallest absolute Gasteiger partial charge is 0.398 e. The fourth-order valence-electron chi connectivity index (χ4n) is 2.06. The molecule has 108 valence electrons. The van der Waals surface area contributed by atoms with Crippen molar-refractivity contribution in [3.63, 3.8) is 0 Å². The van der Waals surface area contributed by atoms with Gasteiger partial charge in [0.05, 0.1) is 0 Å². The maximum Gasteiger partial charge on any atom is 0.469 e. The minimum atomic E-state index is -4.78. The van der Waals surface area contributed by atoms with Crippen LogP contribution in [0.5, 0.6) is 0 Å². The van der Waals surface area contributed by atoms with Crippen molar-refractivity contribution in [3.05, 3.63) is 52.2 Å². The second-order valence-electron chi connectivity index (χ2n) is 4.41. The van der Waals surface area contributed by atoms with Crippen molar-refractivity contribution in [1.82, 2.24) is 4.98 Å². The third kappa shape index (κ3) is 2.33. The van der Waals surface area contributed by atoms with E-state index in [0.29, 0.717) is 10.4 Å². The highest BCUT2D eigenvalue weighted by atomic mass is 32.1. The van der Waals surface area contributed by atoms with Crippen LogP contribution in [0.2, 0.25) is 0 Å². The number of benzene rings is 1. The molecule has 0 aliphatic heterocycles. The molecule has 0 saturated heterocycles. The Morgan fingerprint density at radius 3 is 2.48 bits per heavy atom. The predicted octanol–water partition coefficient (Wildman–Crippen LogP) is 4.24. The van der Waals surface area contributed by atoms with E-state index in [-0.39, 0.29) is 10.2 Å². The molecule has 3 aromatic rings. The van der Waals surface area contributed by atoms with E-state index in [2.05, 4.69) is 9.40 Å². The van der Waals surface area contributed by atoms with Crippen molar-refractivity contribution in [1.29, 1.82) is 0 Å². The van der Waals surface area contributed by atoms with Crippen LogP contribution in [0.1, 0.15) is 11.5 Å². The second kappa shape index (κ2) is 4.70. The van der Waals surface area contributed by atoms with E-state index in [1.165, 1.54) is 0 Å². The molecule has 0 radical (unpaired) electrons. The number of rotatable bonds is 1. The van der Waals surface area contributed by atoms with E-state index >= 15 is 0 Å². The summed E-state index contributed by atoms with van der Waals surface area (Å²) in [7, 11) is 0. The summed E-state index contributed by atoms with van der Waals surface area (Å²) in [6.07, 6.45) is -4.78. The molecule has 0 saturated carbocycles. The number of aryl methyl sites for hydroxylation is 1. The Bertz CT molecular complexity index is 866. The number of aromatic nitrogens is 1. The molecule has 0 aliphatic rings. The zero-order chi connectivity index (χ0) is 15.2. The summed E-state index contributed by atoms with van der Waals surface area (Å²) >= 11 is 1.05. The second-order valence-corrected chi connectivity index (χ2v) is 5.41. The van der Waals surface area contributed by atoms with Crippen molar-refractivity contribution >= 4 is 21.6 Å². The van der Waals surface area contributed by atoms with Gasteiger partial charge >= 0.3 is 17.7 Å². The van der Waals surface area contributed by atoms with E-state index in [1.54, 1.807) is 6.92 Å². The van der Waals surface area contributed by atoms with E-state index < -0.39 is 17.7 Å². The van der Waals surface area contributed by atoms with Crippen LogP contribution in [0.4, 0.5) is 13.2 Å². The van der Waals surface area contributed by atoms with Gasteiger partial charge in [-0.1, -0.05) is 30.3 Å². The minimum Gasteiger partial charge on any atom is -0.398 e. The highest BCUT2D eigenvalue weighted by molar-refractivity contribution is 7.22. The van der Waals surface area contributed by atoms with Gasteiger partial charge in [0.25, 0.3) is 0 Å². The van der Waals surface area contributed by atoms with Crippen molar-refractivity contribution in [3.8, 4) is 10.4 Å². The summed E-state index contributed by atoms with van der Waals surface area (Å²) in [5, 5.41) is 0.104. The molecule has 3 rings (SSSR count). The third-order valence-corrected chi connectivity index (χ3v) is 4.24. The zero-order valence-corrected chi connectivity index (χ0v) is 11.5. The molecule has 0 unspecified atom stereocenters. The number of thiophene rings is 1. The molecule has 0 N–H and O–H groups in total. The average molecular weight is 311 g/mol. The van der Waals surface area contributed by atoms with Crippen LogP contribution in [0.25, 0.3) is 20.7 Å². The summed E-state index contributed by atoms with van der Waals surface area (Å²) < 4.78 is 42.2. The quantitative estimate of drug-likeness (QED) is 0.675. The van der Waals surface area contributed by atoms with Crippen molar-refractivity contribution in [2.24, 2.45) is 0 Å². The van der Waals surface area contributed by atoms with Crippen LogP contribution >= 0.6 is 11.3 Å². The molecule has 0 bridgehead atoms. The Balaban J connectivity index is 2.30. The summed E-state index contributed by atoms with van der Waals surface area (Å²) in [5.41, 5.74) is 0.394. The minimum absolute atomic E-state index is 0.0370. The maximum atomic E-state index is 12.6. The molecule has 2 aromatic heterocycles. The van der Waals surface area contributed by atoms with Gasteiger partial charge in [0.2, 0.25) is 0 Å². The number of nitrogens with zero attached hydrogens (tertiary/aromatic N) is 1. The monoisotopic (exact) mass is 311 g/mol. The highest BCUT2D eigenvalue weighted by Crippen LogP contribution is 2.37. The fourth-order valence-corrected chi connectivity index (χ4v) is 3.23. The van der Waals surface area contributed by atoms with Gasteiger partial charge in [-0.15, -0.1) is 11.3 Å². The lowest BCUT2D eigenvalue weighted by Crippen LogP contribution is -2.13. The summed E-state index contributed by atoms with van der Waals surface area (Å²) in [6, 6.07) is 9.11. The molecule has 0 atom stereocenters. The van der Waals surface area contributed by atoms with Crippen LogP contribution < -0.4 is 5.63 Å². The normalized spacial score (nSPS) is 12.0. The van der Waals surface area contributed by atoms with Gasteiger partial charge in [-0.25, -0.2) is 4.79 Å².